The lowest BCUT2D eigenvalue weighted by Gasteiger charge is -2.19. The molecule has 0 aromatic heterocycles. The van der Waals surface area contributed by atoms with Crippen molar-refractivity contribution in [1.82, 2.24) is 4.90 Å². The topological polar surface area (TPSA) is 60.8 Å². The molecule has 0 unspecified atom stereocenters. The van der Waals surface area contributed by atoms with Gasteiger partial charge >= 0.3 is 0 Å². The van der Waals surface area contributed by atoms with E-state index in [4.69, 9.17) is 0 Å². The zero-order valence-corrected chi connectivity index (χ0v) is 17.4. The molecule has 0 aromatic rings. The molecule has 1 saturated carbocycles. The highest BCUT2D eigenvalue weighted by Gasteiger charge is 2.43. The van der Waals surface area contributed by atoms with E-state index in [9.17, 15) is 15.0 Å². The van der Waals surface area contributed by atoms with Crippen LogP contribution in [0, 0.1) is 17.8 Å². The van der Waals surface area contributed by atoms with Gasteiger partial charge in [-0.2, -0.15) is 0 Å². The van der Waals surface area contributed by atoms with Gasteiger partial charge < -0.3 is 15.1 Å². The van der Waals surface area contributed by atoms with Gasteiger partial charge in [0.05, 0.1) is 12.2 Å². The van der Waals surface area contributed by atoms with Gasteiger partial charge in [0, 0.05) is 26.4 Å². The average Bonchev–Trinajstić information content (AvgIpc) is 3.13. The van der Waals surface area contributed by atoms with Crippen molar-refractivity contribution in [3.8, 4) is 0 Å². The second kappa shape index (κ2) is 11.0. The molecule has 0 saturated heterocycles. The van der Waals surface area contributed by atoms with Crippen LogP contribution in [0.5, 0.6) is 0 Å². The van der Waals surface area contributed by atoms with Gasteiger partial charge in [0.1, 0.15) is 0 Å². The van der Waals surface area contributed by atoms with Crippen LogP contribution < -0.4 is 0 Å². The summed E-state index contributed by atoms with van der Waals surface area (Å²) in [5.74, 6) is 1.33. The molecular weight excluding hydrogens is 338 g/mol. The molecule has 2 aliphatic rings. The van der Waals surface area contributed by atoms with Crippen molar-refractivity contribution in [2.24, 2.45) is 17.8 Å². The van der Waals surface area contributed by atoms with Crippen LogP contribution in [0.4, 0.5) is 0 Å². The van der Waals surface area contributed by atoms with Crippen molar-refractivity contribution in [2.75, 3.05) is 14.1 Å². The molecule has 0 aromatic carbocycles. The number of rotatable bonds is 11. The predicted octanol–water partition coefficient (Wildman–Crippen LogP) is 4.08. The SMILES string of the molecule is CCCCC[C@H](O)/C=C\[C@@H]1[C@H]2CC(CCCCC(=O)N(C)C)=C[C@H]2C[C@H]1O. The van der Waals surface area contributed by atoms with E-state index in [-0.39, 0.29) is 24.0 Å². The summed E-state index contributed by atoms with van der Waals surface area (Å²) in [6, 6.07) is 0. The van der Waals surface area contributed by atoms with Gasteiger partial charge in [-0.1, -0.05) is 50.0 Å². The lowest BCUT2D eigenvalue weighted by atomic mass is 9.88. The van der Waals surface area contributed by atoms with Crippen molar-refractivity contribution >= 4 is 5.91 Å². The number of carbonyl (C=O) groups is 1. The Balaban J connectivity index is 1.76. The van der Waals surface area contributed by atoms with Crippen LogP contribution in [-0.4, -0.2) is 47.3 Å². The van der Waals surface area contributed by atoms with E-state index >= 15 is 0 Å². The van der Waals surface area contributed by atoms with E-state index in [1.54, 1.807) is 4.90 Å². The summed E-state index contributed by atoms with van der Waals surface area (Å²) in [6.45, 7) is 2.17. The molecule has 4 heteroatoms. The van der Waals surface area contributed by atoms with E-state index < -0.39 is 0 Å². The first-order valence-corrected chi connectivity index (χ1v) is 10.9. The highest BCUT2D eigenvalue weighted by molar-refractivity contribution is 5.75. The molecule has 0 bridgehead atoms. The van der Waals surface area contributed by atoms with Gasteiger partial charge in [-0.3, -0.25) is 4.79 Å². The summed E-state index contributed by atoms with van der Waals surface area (Å²) in [5.41, 5.74) is 1.50. The average molecular weight is 378 g/mol. The van der Waals surface area contributed by atoms with Crippen LogP contribution in [0.1, 0.15) is 71.1 Å². The highest BCUT2D eigenvalue weighted by Crippen LogP contribution is 2.48. The molecule has 0 radical (unpaired) electrons. The molecule has 2 rings (SSSR count). The number of nitrogens with zero attached hydrogens (tertiary/aromatic N) is 1. The summed E-state index contributed by atoms with van der Waals surface area (Å²) in [6.07, 6.45) is 15.5. The van der Waals surface area contributed by atoms with E-state index in [1.165, 1.54) is 12.0 Å². The third-order valence-corrected chi connectivity index (χ3v) is 6.25. The fraction of sp³-hybridized carbons (Fsp3) is 0.783. The Labute approximate surface area is 165 Å². The number of unbranched alkanes of at least 4 members (excludes halogenated alkanes) is 3. The van der Waals surface area contributed by atoms with Crippen LogP contribution >= 0.6 is 0 Å². The number of allylic oxidation sites excluding steroid dienone is 2. The molecule has 2 aliphatic carbocycles. The van der Waals surface area contributed by atoms with Gasteiger partial charge in [0.15, 0.2) is 0 Å². The first kappa shape index (κ1) is 22.2. The van der Waals surface area contributed by atoms with Crippen molar-refractivity contribution in [2.45, 2.75) is 83.3 Å². The summed E-state index contributed by atoms with van der Waals surface area (Å²) in [5, 5.41) is 20.6. The summed E-state index contributed by atoms with van der Waals surface area (Å²) < 4.78 is 0. The van der Waals surface area contributed by atoms with E-state index in [0.717, 1.165) is 51.4 Å². The van der Waals surface area contributed by atoms with Crippen molar-refractivity contribution in [1.29, 1.82) is 0 Å². The highest BCUT2D eigenvalue weighted by atomic mass is 16.3. The molecule has 0 aliphatic heterocycles. The van der Waals surface area contributed by atoms with Crippen LogP contribution in [0.3, 0.4) is 0 Å². The molecule has 4 nitrogen and oxygen atoms in total. The second-order valence-electron chi connectivity index (χ2n) is 8.68. The Morgan fingerprint density at radius 3 is 2.78 bits per heavy atom. The van der Waals surface area contributed by atoms with Gasteiger partial charge in [-0.05, 0) is 50.4 Å². The molecule has 1 amide bonds. The minimum atomic E-state index is -0.383. The fourth-order valence-electron chi connectivity index (χ4n) is 4.60. The Morgan fingerprint density at radius 2 is 2.07 bits per heavy atom. The maximum atomic E-state index is 11.6. The van der Waals surface area contributed by atoms with Gasteiger partial charge in [0.2, 0.25) is 5.91 Å². The van der Waals surface area contributed by atoms with E-state index in [1.807, 2.05) is 20.2 Å². The third-order valence-electron chi connectivity index (χ3n) is 6.25. The van der Waals surface area contributed by atoms with Gasteiger partial charge in [-0.15, -0.1) is 0 Å². The molecule has 2 N–H and O–H groups in total. The summed E-state index contributed by atoms with van der Waals surface area (Å²) in [4.78, 5) is 13.3. The summed E-state index contributed by atoms with van der Waals surface area (Å²) >= 11 is 0. The van der Waals surface area contributed by atoms with Crippen molar-refractivity contribution in [3.63, 3.8) is 0 Å². The molecule has 0 heterocycles. The number of hydrogen-bond acceptors (Lipinski definition) is 3. The molecule has 1 fully saturated rings. The van der Waals surface area contributed by atoms with E-state index in [0.29, 0.717) is 18.3 Å². The predicted molar refractivity (Wildman–Crippen MR) is 110 cm³/mol. The number of hydrogen-bond donors (Lipinski definition) is 2. The fourth-order valence-corrected chi connectivity index (χ4v) is 4.60. The Kier molecular flexibility index (Phi) is 9.04. The normalized spacial score (nSPS) is 28.4. The van der Waals surface area contributed by atoms with Crippen molar-refractivity contribution in [3.05, 3.63) is 23.8 Å². The number of amides is 1. The standard InChI is InChI=1S/C23H39NO3/c1-4-5-6-10-19(25)12-13-20-21-15-17(14-18(21)16-22(20)26)9-7-8-11-23(27)24(2)3/h12-14,18-22,25-26H,4-11,15-16H2,1-3H3/b13-12-/t18-,19-,20+,21-,22+/m0/s1. The smallest absolute Gasteiger partial charge is 0.222 e. The number of fused-ring (bicyclic) bond motifs is 1. The maximum absolute atomic E-state index is 11.6. The molecule has 0 spiro atoms. The minimum Gasteiger partial charge on any atom is -0.392 e. The number of aliphatic hydroxyl groups is 2. The maximum Gasteiger partial charge on any atom is 0.222 e. The third kappa shape index (κ3) is 6.76. The first-order chi connectivity index (χ1) is 12.9. The monoisotopic (exact) mass is 377 g/mol. The van der Waals surface area contributed by atoms with E-state index in [2.05, 4.69) is 19.1 Å². The lowest BCUT2D eigenvalue weighted by Crippen LogP contribution is -2.21. The quantitative estimate of drug-likeness (QED) is 0.421. The number of aliphatic hydroxyl groups excluding tert-OH is 2. The van der Waals surface area contributed by atoms with Crippen LogP contribution in [0.2, 0.25) is 0 Å². The molecule has 27 heavy (non-hydrogen) atoms. The Bertz CT molecular complexity index is 526. The minimum absolute atomic E-state index is 0.167. The summed E-state index contributed by atoms with van der Waals surface area (Å²) in [7, 11) is 3.62. The zero-order valence-electron chi connectivity index (χ0n) is 17.4. The Hall–Kier alpha value is -1.13. The van der Waals surface area contributed by atoms with Gasteiger partial charge in [0.25, 0.3) is 0 Å². The molecular formula is C23H39NO3. The lowest BCUT2D eigenvalue weighted by molar-refractivity contribution is -0.128. The first-order valence-electron chi connectivity index (χ1n) is 10.9. The zero-order chi connectivity index (χ0) is 19.8. The second-order valence-corrected chi connectivity index (χ2v) is 8.68. The largest absolute Gasteiger partial charge is 0.392 e. The molecule has 154 valence electrons. The van der Waals surface area contributed by atoms with Gasteiger partial charge in [-0.25, -0.2) is 0 Å². The van der Waals surface area contributed by atoms with Crippen LogP contribution in [0.25, 0.3) is 0 Å². The van der Waals surface area contributed by atoms with Crippen molar-refractivity contribution < 1.29 is 15.0 Å². The number of carbonyl (C=O) groups excluding carboxylic acids is 1. The van der Waals surface area contributed by atoms with Crippen LogP contribution in [0.15, 0.2) is 23.8 Å². The Morgan fingerprint density at radius 1 is 1.30 bits per heavy atom. The van der Waals surface area contributed by atoms with Crippen LogP contribution in [-0.2, 0) is 4.79 Å². The molecule has 5 atom stereocenters.